The Morgan fingerprint density at radius 2 is 1.73 bits per heavy atom. The van der Waals surface area contributed by atoms with Crippen molar-refractivity contribution in [3.8, 4) is 0 Å². The fourth-order valence-corrected chi connectivity index (χ4v) is 4.54. The standard InChI is InChI=1S/C20H20N4O3S3/c1-14-12-16-10-6-7-11-17(16)19(28)23(14)24(2,22-18(25)13-30(21,26)27)20(29)15-8-4-3-5-9-15/h3-12H,13H2,1-2H3,(H2-,21,22,25,26,27)/p+1. The van der Waals surface area contributed by atoms with Crippen molar-refractivity contribution >= 4 is 56.1 Å². The number of hydrogen-bond donors (Lipinski definition) is 2. The molecule has 1 atom stereocenters. The lowest BCUT2D eigenvalue weighted by atomic mass is 10.1. The van der Waals surface area contributed by atoms with Gasteiger partial charge in [-0.05, 0) is 42.7 Å². The molecule has 0 saturated heterocycles. The van der Waals surface area contributed by atoms with Crippen molar-refractivity contribution in [3.05, 3.63) is 76.6 Å². The summed E-state index contributed by atoms with van der Waals surface area (Å²) < 4.78 is 24.6. The number of hydrogen-bond acceptors (Lipinski definition) is 5. The number of quaternary nitrogens is 1. The van der Waals surface area contributed by atoms with E-state index in [0.717, 1.165) is 16.5 Å². The van der Waals surface area contributed by atoms with Gasteiger partial charge in [0.2, 0.25) is 10.0 Å². The Kier molecular flexibility index (Phi) is 6.16. The van der Waals surface area contributed by atoms with Gasteiger partial charge in [0, 0.05) is 5.39 Å². The molecule has 3 aromatic rings. The number of sulfonamides is 1. The molecule has 1 heterocycles. The Balaban J connectivity index is 2.24. The summed E-state index contributed by atoms with van der Waals surface area (Å²) in [6.07, 6.45) is 0. The third-order valence-electron chi connectivity index (χ3n) is 4.57. The molecule has 1 amide bonds. The van der Waals surface area contributed by atoms with Crippen molar-refractivity contribution in [3.63, 3.8) is 0 Å². The molecule has 3 rings (SSSR count). The summed E-state index contributed by atoms with van der Waals surface area (Å²) in [5, 5.41) is 6.81. The van der Waals surface area contributed by atoms with Crippen molar-refractivity contribution in [1.29, 1.82) is 0 Å². The van der Waals surface area contributed by atoms with Gasteiger partial charge in [0.15, 0.2) is 4.64 Å². The number of aromatic nitrogens is 1. The number of pyridine rings is 1. The molecule has 30 heavy (non-hydrogen) atoms. The highest BCUT2D eigenvalue weighted by Gasteiger charge is 2.37. The normalized spacial score (nSPS) is 13.6. The maximum Gasteiger partial charge on any atom is 0.284 e. The first-order valence-electron chi connectivity index (χ1n) is 8.93. The SMILES string of the molecule is Cc1cc2ccccc2c(=S)n1[N+](C)(NC(=O)CS(N)(=O)=O)C(=S)c1ccccc1. The molecule has 7 nitrogen and oxygen atoms in total. The zero-order chi connectivity index (χ0) is 22.1. The van der Waals surface area contributed by atoms with E-state index in [0.29, 0.717) is 15.2 Å². The number of nitrogens with two attached hydrogens (primary N) is 1. The van der Waals surface area contributed by atoms with Crippen molar-refractivity contribution in [1.82, 2.24) is 14.8 Å². The molecule has 0 aliphatic carbocycles. The average molecular weight is 462 g/mol. The maximum atomic E-state index is 12.6. The summed E-state index contributed by atoms with van der Waals surface area (Å²) in [6, 6.07) is 18.7. The molecule has 0 aliphatic heterocycles. The number of carbonyl (C=O) groups excluding carboxylic acids is 1. The first-order valence-corrected chi connectivity index (χ1v) is 11.5. The zero-order valence-electron chi connectivity index (χ0n) is 16.4. The van der Waals surface area contributed by atoms with Crippen LogP contribution in [0.4, 0.5) is 0 Å². The first-order chi connectivity index (χ1) is 14.0. The molecular weight excluding hydrogens is 440 g/mol. The number of rotatable bonds is 4. The van der Waals surface area contributed by atoms with E-state index in [9.17, 15) is 13.2 Å². The predicted molar refractivity (Wildman–Crippen MR) is 125 cm³/mol. The van der Waals surface area contributed by atoms with E-state index in [4.69, 9.17) is 29.6 Å². The van der Waals surface area contributed by atoms with Crippen LogP contribution in [-0.4, -0.2) is 36.8 Å². The number of fused-ring (bicyclic) bond motifs is 1. The Hall–Kier alpha value is -2.50. The van der Waals surface area contributed by atoms with Crippen LogP contribution in [0.3, 0.4) is 0 Å². The van der Waals surface area contributed by atoms with Crippen LogP contribution in [-0.2, 0) is 14.8 Å². The average Bonchev–Trinajstić information content (AvgIpc) is 2.66. The number of benzene rings is 2. The molecule has 156 valence electrons. The fraction of sp³-hybridized carbons (Fsp3) is 0.150. The third-order valence-corrected chi connectivity index (χ3v) is 6.22. The lowest BCUT2D eigenvalue weighted by molar-refractivity contribution is -0.123. The molecule has 1 aromatic heterocycles. The van der Waals surface area contributed by atoms with E-state index in [-0.39, 0.29) is 0 Å². The number of aryl methyl sites for hydroxylation is 1. The second-order valence-corrected chi connectivity index (χ2v) is 9.35. The van der Waals surface area contributed by atoms with E-state index in [1.54, 1.807) is 11.7 Å². The highest BCUT2D eigenvalue weighted by Crippen LogP contribution is 2.21. The van der Waals surface area contributed by atoms with Gasteiger partial charge in [-0.15, -0.1) is 0 Å². The van der Waals surface area contributed by atoms with Gasteiger partial charge in [0.1, 0.15) is 12.8 Å². The van der Waals surface area contributed by atoms with Crippen LogP contribution in [0.5, 0.6) is 0 Å². The van der Waals surface area contributed by atoms with Crippen molar-refractivity contribution < 1.29 is 13.2 Å². The lowest BCUT2D eigenvalue weighted by Gasteiger charge is -2.35. The summed E-state index contributed by atoms with van der Waals surface area (Å²) in [5.41, 5.74) is 4.12. The van der Waals surface area contributed by atoms with Crippen LogP contribution >= 0.6 is 24.4 Å². The summed E-state index contributed by atoms with van der Waals surface area (Å²) in [5.74, 6) is -1.68. The van der Waals surface area contributed by atoms with Gasteiger partial charge in [-0.3, -0.25) is 4.79 Å². The highest BCUT2D eigenvalue weighted by molar-refractivity contribution is 7.89. The van der Waals surface area contributed by atoms with Crippen LogP contribution in [0.1, 0.15) is 11.3 Å². The molecular formula is C20H21N4O3S3+. The second-order valence-electron chi connectivity index (χ2n) is 6.96. The number of primary sulfonamides is 1. The molecule has 10 heteroatoms. The molecule has 0 radical (unpaired) electrons. The van der Waals surface area contributed by atoms with Gasteiger partial charge in [0.05, 0.1) is 11.3 Å². The molecule has 3 N–H and O–H groups in total. The van der Waals surface area contributed by atoms with Crippen molar-refractivity contribution in [2.45, 2.75) is 6.92 Å². The molecule has 2 aromatic carbocycles. The Morgan fingerprint density at radius 3 is 2.37 bits per heavy atom. The smallest absolute Gasteiger partial charge is 0.269 e. The third kappa shape index (κ3) is 4.47. The minimum atomic E-state index is -4.02. The molecule has 0 aliphatic rings. The van der Waals surface area contributed by atoms with Gasteiger partial charge >= 0.3 is 0 Å². The second kappa shape index (κ2) is 8.32. The number of carbonyl (C=O) groups is 1. The molecule has 0 fully saturated rings. The summed E-state index contributed by atoms with van der Waals surface area (Å²) in [6.45, 7) is 1.85. The zero-order valence-corrected chi connectivity index (χ0v) is 18.9. The molecule has 0 saturated carbocycles. The lowest BCUT2D eigenvalue weighted by Crippen LogP contribution is -2.70. The van der Waals surface area contributed by atoms with Gasteiger partial charge in [-0.1, -0.05) is 59.4 Å². The first kappa shape index (κ1) is 22.2. The Bertz CT molecular complexity index is 1300. The van der Waals surface area contributed by atoms with Gasteiger partial charge < -0.3 is 0 Å². The minimum Gasteiger partial charge on any atom is -0.269 e. The number of nitrogens with zero attached hydrogens (tertiary/aromatic N) is 2. The van der Waals surface area contributed by atoms with Crippen molar-refractivity contribution in [2.24, 2.45) is 5.14 Å². The minimum absolute atomic E-state index is 0.327. The van der Waals surface area contributed by atoms with Crippen LogP contribution in [0.15, 0.2) is 60.7 Å². The highest BCUT2D eigenvalue weighted by atomic mass is 32.2. The largest absolute Gasteiger partial charge is 0.284 e. The van der Waals surface area contributed by atoms with E-state index in [2.05, 4.69) is 5.43 Å². The van der Waals surface area contributed by atoms with Crippen LogP contribution in [0, 0.1) is 11.6 Å². The van der Waals surface area contributed by atoms with Gasteiger partial charge in [0.25, 0.3) is 10.9 Å². The maximum absolute atomic E-state index is 12.6. The van der Waals surface area contributed by atoms with Crippen molar-refractivity contribution in [2.75, 3.05) is 12.8 Å². The number of thiocarbonyl (C=S) groups is 1. The molecule has 0 spiro atoms. The van der Waals surface area contributed by atoms with E-state index in [1.807, 2.05) is 67.6 Å². The van der Waals surface area contributed by atoms with E-state index < -0.39 is 26.4 Å². The van der Waals surface area contributed by atoms with Crippen LogP contribution < -0.4 is 15.3 Å². The van der Waals surface area contributed by atoms with Crippen LogP contribution in [0.2, 0.25) is 0 Å². The predicted octanol–water partition coefficient (Wildman–Crippen LogP) is 2.44. The van der Waals surface area contributed by atoms with Crippen LogP contribution in [0.25, 0.3) is 10.8 Å². The molecule has 0 bridgehead atoms. The number of nitrogens with one attached hydrogen (secondary N) is 1. The summed E-state index contributed by atoms with van der Waals surface area (Å²) in [7, 11) is -2.38. The van der Waals surface area contributed by atoms with Gasteiger partial charge in [-0.2, -0.15) is 10.1 Å². The summed E-state index contributed by atoms with van der Waals surface area (Å²) in [4.78, 5) is 12.9. The Labute approximate surface area is 185 Å². The van der Waals surface area contributed by atoms with Gasteiger partial charge in [-0.25, -0.2) is 13.6 Å². The van der Waals surface area contributed by atoms with E-state index in [1.165, 1.54) is 0 Å². The monoisotopic (exact) mass is 461 g/mol. The fourth-order valence-electron chi connectivity index (χ4n) is 3.36. The Morgan fingerprint density at radius 1 is 1.13 bits per heavy atom. The topological polar surface area (TPSA) is 94.2 Å². The molecule has 1 unspecified atom stereocenters. The number of amides is 1. The quantitative estimate of drug-likeness (QED) is 0.354. The van der Waals surface area contributed by atoms with E-state index >= 15 is 0 Å². The summed E-state index contributed by atoms with van der Waals surface area (Å²) >= 11 is 11.5.